The minimum Gasteiger partial charge on any atom is -0.398 e. The number of nitrogens with two attached hydrogens (primary N) is 1. The Morgan fingerprint density at radius 3 is 2.58 bits per heavy atom. The predicted molar refractivity (Wildman–Crippen MR) is 79.4 cm³/mol. The average Bonchev–Trinajstić information content (AvgIpc) is 2.40. The fraction of sp³-hybridized carbons (Fsp3) is 0.533. The van der Waals surface area contributed by atoms with E-state index >= 15 is 0 Å². The molecule has 4 N–H and O–H groups in total. The number of carbonyl (C=O) groups is 1. The Kier molecular flexibility index (Phi) is 4.30. The summed E-state index contributed by atoms with van der Waals surface area (Å²) in [6.45, 7) is 3.90. The zero-order valence-corrected chi connectivity index (χ0v) is 11.8. The first-order valence-electron chi connectivity index (χ1n) is 7.01. The number of carbonyl (C=O) groups excluding carboxylic acids is 1. The summed E-state index contributed by atoms with van der Waals surface area (Å²) in [5.41, 5.74) is 9.37. The third-order valence-electron chi connectivity index (χ3n) is 3.89. The number of hydrogen-bond acceptors (Lipinski definition) is 2. The van der Waals surface area contributed by atoms with Crippen molar-refractivity contribution in [3.63, 3.8) is 0 Å². The number of nitrogen functional groups attached to an aromatic ring is 1. The van der Waals surface area contributed by atoms with E-state index in [-0.39, 0.29) is 6.03 Å². The van der Waals surface area contributed by atoms with Gasteiger partial charge in [-0.2, -0.15) is 0 Å². The molecule has 19 heavy (non-hydrogen) atoms. The fourth-order valence-electron chi connectivity index (χ4n) is 2.64. The summed E-state index contributed by atoms with van der Waals surface area (Å²) >= 11 is 0. The number of benzene rings is 1. The van der Waals surface area contributed by atoms with Crippen molar-refractivity contribution < 1.29 is 4.79 Å². The maximum atomic E-state index is 12.0. The highest BCUT2D eigenvalue weighted by molar-refractivity contribution is 5.92. The van der Waals surface area contributed by atoms with Crippen molar-refractivity contribution in [2.24, 2.45) is 0 Å². The summed E-state index contributed by atoms with van der Waals surface area (Å²) in [6, 6.07) is 3.99. The average molecular weight is 261 g/mol. The number of urea groups is 1. The summed E-state index contributed by atoms with van der Waals surface area (Å²) in [7, 11) is 0. The van der Waals surface area contributed by atoms with Crippen LogP contribution >= 0.6 is 0 Å². The van der Waals surface area contributed by atoms with Gasteiger partial charge in [0, 0.05) is 11.7 Å². The maximum absolute atomic E-state index is 12.0. The van der Waals surface area contributed by atoms with Gasteiger partial charge >= 0.3 is 6.03 Å². The number of rotatable bonds is 2. The lowest BCUT2D eigenvalue weighted by molar-refractivity contribution is 0.244. The first kappa shape index (κ1) is 13.7. The molecule has 1 aliphatic rings. The van der Waals surface area contributed by atoms with E-state index in [0.717, 1.165) is 29.7 Å². The van der Waals surface area contributed by atoms with E-state index < -0.39 is 0 Å². The van der Waals surface area contributed by atoms with Crippen molar-refractivity contribution in [2.75, 3.05) is 11.1 Å². The topological polar surface area (TPSA) is 67.1 Å². The molecule has 104 valence electrons. The van der Waals surface area contributed by atoms with E-state index in [2.05, 4.69) is 10.6 Å². The second-order valence-corrected chi connectivity index (χ2v) is 5.41. The molecule has 1 saturated carbocycles. The van der Waals surface area contributed by atoms with E-state index in [1.165, 1.54) is 19.3 Å². The summed E-state index contributed by atoms with van der Waals surface area (Å²) in [4.78, 5) is 12.0. The Morgan fingerprint density at radius 1 is 1.21 bits per heavy atom. The molecule has 4 heteroatoms. The van der Waals surface area contributed by atoms with Crippen LogP contribution in [0.3, 0.4) is 0 Å². The Balaban J connectivity index is 2.00. The molecule has 0 saturated heterocycles. The van der Waals surface area contributed by atoms with Gasteiger partial charge in [0.05, 0.1) is 5.69 Å². The molecule has 2 rings (SSSR count). The number of nitrogens with one attached hydrogen (secondary N) is 2. The largest absolute Gasteiger partial charge is 0.398 e. The van der Waals surface area contributed by atoms with Gasteiger partial charge < -0.3 is 16.4 Å². The number of amides is 2. The van der Waals surface area contributed by atoms with E-state index in [0.29, 0.717) is 11.7 Å². The molecule has 1 aliphatic carbocycles. The van der Waals surface area contributed by atoms with Crippen LogP contribution in [0.1, 0.15) is 43.2 Å². The lowest BCUT2D eigenvalue weighted by Crippen LogP contribution is -2.39. The highest BCUT2D eigenvalue weighted by atomic mass is 16.2. The summed E-state index contributed by atoms with van der Waals surface area (Å²) in [6.07, 6.45) is 5.88. The molecule has 1 aromatic rings. The van der Waals surface area contributed by atoms with Crippen molar-refractivity contribution in [1.82, 2.24) is 5.32 Å². The number of aryl methyl sites for hydroxylation is 1. The second-order valence-electron chi connectivity index (χ2n) is 5.41. The number of anilines is 2. The van der Waals surface area contributed by atoms with Crippen molar-refractivity contribution in [3.8, 4) is 0 Å². The molecule has 0 radical (unpaired) electrons. The lowest BCUT2D eigenvalue weighted by atomic mass is 9.96. The van der Waals surface area contributed by atoms with Gasteiger partial charge in [-0.25, -0.2) is 4.79 Å². The van der Waals surface area contributed by atoms with Crippen LogP contribution in [0.25, 0.3) is 0 Å². The molecular weight excluding hydrogens is 238 g/mol. The zero-order chi connectivity index (χ0) is 13.8. The molecule has 1 fully saturated rings. The van der Waals surface area contributed by atoms with Gasteiger partial charge in [-0.1, -0.05) is 25.3 Å². The van der Waals surface area contributed by atoms with Crippen LogP contribution in [0, 0.1) is 13.8 Å². The first-order valence-corrected chi connectivity index (χ1v) is 7.01. The van der Waals surface area contributed by atoms with E-state index in [1.807, 2.05) is 26.0 Å². The third-order valence-corrected chi connectivity index (χ3v) is 3.89. The molecule has 0 atom stereocenters. The van der Waals surface area contributed by atoms with Gasteiger partial charge in [0.2, 0.25) is 0 Å². The Morgan fingerprint density at radius 2 is 1.89 bits per heavy atom. The molecule has 0 unspecified atom stereocenters. The first-order chi connectivity index (χ1) is 9.08. The van der Waals surface area contributed by atoms with Gasteiger partial charge in [0.25, 0.3) is 0 Å². The standard InChI is InChI=1S/C15H23N3O/c1-10-8-9-13(16)11(2)14(10)18-15(19)17-12-6-4-3-5-7-12/h8-9,12H,3-7,16H2,1-2H3,(H2,17,18,19). The van der Waals surface area contributed by atoms with E-state index in [9.17, 15) is 4.79 Å². The lowest BCUT2D eigenvalue weighted by Gasteiger charge is -2.23. The maximum Gasteiger partial charge on any atom is 0.319 e. The second kappa shape index (κ2) is 5.95. The van der Waals surface area contributed by atoms with Crippen LogP contribution in [-0.2, 0) is 0 Å². The van der Waals surface area contributed by atoms with Crippen molar-refractivity contribution >= 4 is 17.4 Å². The van der Waals surface area contributed by atoms with Crippen LogP contribution in [0.5, 0.6) is 0 Å². The smallest absolute Gasteiger partial charge is 0.319 e. The fourth-order valence-corrected chi connectivity index (χ4v) is 2.64. The molecule has 0 aliphatic heterocycles. The van der Waals surface area contributed by atoms with Gasteiger partial charge in [0.1, 0.15) is 0 Å². The van der Waals surface area contributed by atoms with E-state index in [1.54, 1.807) is 0 Å². The van der Waals surface area contributed by atoms with Crippen LogP contribution in [-0.4, -0.2) is 12.1 Å². The monoisotopic (exact) mass is 261 g/mol. The van der Waals surface area contributed by atoms with Gasteiger partial charge in [-0.15, -0.1) is 0 Å². The Hall–Kier alpha value is -1.71. The quantitative estimate of drug-likeness (QED) is 0.715. The minimum absolute atomic E-state index is 0.122. The van der Waals surface area contributed by atoms with Gasteiger partial charge in [0.15, 0.2) is 0 Å². The SMILES string of the molecule is Cc1ccc(N)c(C)c1NC(=O)NC1CCCCC1. The third kappa shape index (κ3) is 3.40. The Labute approximate surface area is 114 Å². The molecule has 0 bridgehead atoms. The van der Waals surface area contributed by atoms with Crippen LogP contribution in [0.2, 0.25) is 0 Å². The summed E-state index contributed by atoms with van der Waals surface area (Å²) < 4.78 is 0. The molecular formula is C15H23N3O. The molecule has 1 aromatic carbocycles. The van der Waals surface area contributed by atoms with Gasteiger partial charge in [-0.3, -0.25) is 0 Å². The van der Waals surface area contributed by atoms with Crippen molar-refractivity contribution in [1.29, 1.82) is 0 Å². The summed E-state index contributed by atoms with van der Waals surface area (Å²) in [5.74, 6) is 0. The van der Waals surface area contributed by atoms with Crippen LogP contribution in [0.4, 0.5) is 16.2 Å². The van der Waals surface area contributed by atoms with E-state index in [4.69, 9.17) is 5.73 Å². The normalized spacial score (nSPS) is 16.1. The minimum atomic E-state index is -0.122. The van der Waals surface area contributed by atoms with Crippen molar-refractivity contribution in [2.45, 2.75) is 52.0 Å². The number of hydrogen-bond donors (Lipinski definition) is 3. The molecule has 0 spiro atoms. The van der Waals surface area contributed by atoms with Gasteiger partial charge in [-0.05, 0) is 43.9 Å². The van der Waals surface area contributed by atoms with Crippen LogP contribution in [0.15, 0.2) is 12.1 Å². The highest BCUT2D eigenvalue weighted by Gasteiger charge is 2.16. The summed E-state index contributed by atoms with van der Waals surface area (Å²) in [5, 5.41) is 5.99. The molecule has 0 aromatic heterocycles. The molecule has 2 amide bonds. The zero-order valence-electron chi connectivity index (χ0n) is 11.8. The highest BCUT2D eigenvalue weighted by Crippen LogP contribution is 2.25. The molecule has 0 heterocycles. The predicted octanol–water partition coefficient (Wildman–Crippen LogP) is 3.34. The van der Waals surface area contributed by atoms with Crippen LogP contribution < -0.4 is 16.4 Å². The Bertz CT molecular complexity index is 465. The molecule has 4 nitrogen and oxygen atoms in total. The van der Waals surface area contributed by atoms with Crippen molar-refractivity contribution in [3.05, 3.63) is 23.3 Å².